The molecule has 4 rings (SSSR count). The van der Waals surface area contributed by atoms with Gasteiger partial charge in [-0.05, 0) is 48.7 Å². The fourth-order valence-corrected chi connectivity index (χ4v) is 3.41. The zero-order valence-electron chi connectivity index (χ0n) is 14.2. The predicted octanol–water partition coefficient (Wildman–Crippen LogP) is 5.07. The average molecular weight is 364 g/mol. The van der Waals surface area contributed by atoms with E-state index in [1.54, 1.807) is 24.4 Å². The van der Waals surface area contributed by atoms with Crippen molar-refractivity contribution in [3.8, 4) is 0 Å². The second-order valence-corrected chi connectivity index (χ2v) is 6.63. The minimum Gasteiger partial charge on any atom is -0.340 e. The van der Waals surface area contributed by atoms with Crippen LogP contribution >= 0.6 is 11.6 Å². The van der Waals surface area contributed by atoms with Crippen LogP contribution in [0.3, 0.4) is 0 Å². The fraction of sp³-hybridized carbons (Fsp3) is 0.143. The van der Waals surface area contributed by atoms with Gasteiger partial charge in [0.15, 0.2) is 0 Å². The number of pyridine rings is 1. The molecule has 0 saturated heterocycles. The van der Waals surface area contributed by atoms with Gasteiger partial charge in [0.2, 0.25) is 0 Å². The SMILES string of the molecule is O=C(Nc1ccccc1Cl)c1ccc(N2CCCc3ccccc32)cn1. The number of para-hydroxylation sites is 2. The van der Waals surface area contributed by atoms with Gasteiger partial charge in [0.05, 0.1) is 22.6 Å². The molecule has 2 aromatic carbocycles. The number of benzene rings is 2. The third-order valence-corrected chi connectivity index (χ3v) is 4.85. The first-order chi connectivity index (χ1) is 12.7. The monoisotopic (exact) mass is 363 g/mol. The lowest BCUT2D eigenvalue weighted by molar-refractivity contribution is 0.102. The third-order valence-electron chi connectivity index (χ3n) is 4.52. The Morgan fingerprint density at radius 3 is 2.65 bits per heavy atom. The van der Waals surface area contributed by atoms with E-state index in [-0.39, 0.29) is 5.91 Å². The molecule has 2 heterocycles. The molecule has 0 radical (unpaired) electrons. The van der Waals surface area contributed by atoms with Crippen molar-refractivity contribution in [3.63, 3.8) is 0 Å². The number of halogens is 1. The molecule has 130 valence electrons. The Balaban J connectivity index is 1.54. The minimum absolute atomic E-state index is 0.274. The molecule has 1 aliphatic heterocycles. The first-order valence-corrected chi connectivity index (χ1v) is 8.97. The summed E-state index contributed by atoms with van der Waals surface area (Å²) in [7, 11) is 0. The molecule has 0 atom stereocenters. The van der Waals surface area contributed by atoms with Gasteiger partial charge in [-0.15, -0.1) is 0 Å². The van der Waals surface area contributed by atoms with Crippen molar-refractivity contribution in [3.05, 3.63) is 83.1 Å². The van der Waals surface area contributed by atoms with E-state index >= 15 is 0 Å². The number of amides is 1. The van der Waals surface area contributed by atoms with Crippen molar-refractivity contribution in [2.24, 2.45) is 0 Å². The molecule has 0 aliphatic carbocycles. The van der Waals surface area contributed by atoms with Crippen LogP contribution in [0.1, 0.15) is 22.5 Å². The maximum absolute atomic E-state index is 12.4. The molecular weight excluding hydrogens is 346 g/mol. The van der Waals surface area contributed by atoms with E-state index in [1.165, 1.54) is 11.3 Å². The molecule has 3 aromatic rings. The summed E-state index contributed by atoms with van der Waals surface area (Å²) < 4.78 is 0. The number of aromatic nitrogens is 1. The van der Waals surface area contributed by atoms with Crippen LogP contribution in [-0.2, 0) is 6.42 Å². The molecular formula is C21H18ClN3O. The van der Waals surface area contributed by atoms with Crippen LogP contribution in [0.15, 0.2) is 66.9 Å². The zero-order chi connectivity index (χ0) is 17.9. The Hall–Kier alpha value is -2.85. The summed E-state index contributed by atoms with van der Waals surface area (Å²) in [5, 5.41) is 3.30. The Kier molecular flexibility index (Phi) is 4.59. The van der Waals surface area contributed by atoms with Gasteiger partial charge in [0.1, 0.15) is 5.69 Å². The number of aryl methyl sites for hydroxylation is 1. The molecule has 1 amide bonds. The number of hydrogen-bond acceptors (Lipinski definition) is 3. The van der Waals surface area contributed by atoms with Gasteiger partial charge in [-0.25, -0.2) is 4.98 Å². The van der Waals surface area contributed by atoms with E-state index in [0.29, 0.717) is 16.4 Å². The van der Waals surface area contributed by atoms with E-state index in [1.807, 2.05) is 18.2 Å². The highest BCUT2D eigenvalue weighted by Gasteiger charge is 2.18. The maximum atomic E-state index is 12.4. The van der Waals surface area contributed by atoms with Crippen LogP contribution in [0.25, 0.3) is 0 Å². The quantitative estimate of drug-likeness (QED) is 0.706. The summed E-state index contributed by atoms with van der Waals surface area (Å²) in [4.78, 5) is 19.0. The van der Waals surface area contributed by atoms with E-state index in [9.17, 15) is 4.79 Å². The first-order valence-electron chi connectivity index (χ1n) is 8.60. The van der Waals surface area contributed by atoms with E-state index in [0.717, 1.165) is 25.1 Å². The lowest BCUT2D eigenvalue weighted by Crippen LogP contribution is -2.24. The molecule has 0 fully saturated rings. The summed E-state index contributed by atoms with van der Waals surface area (Å²) in [6.07, 6.45) is 3.95. The summed E-state index contributed by atoms with van der Waals surface area (Å²) >= 11 is 6.09. The number of hydrogen-bond donors (Lipinski definition) is 1. The second-order valence-electron chi connectivity index (χ2n) is 6.22. The first kappa shape index (κ1) is 16.6. The standard InChI is InChI=1S/C21H18ClN3O/c22-17-8-2-3-9-18(17)24-21(26)19-12-11-16(14-23-19)25-13-5-7-15-6-1-4-10-20(15)25/h1-4,6,8-12,14H,5,7,13H2,(H,24,26). The van der Waals surface area contributed by atoms with Crippen molar-refractivity contribution in [2.75, 3.05) is 16.8 Å². The highest BCUT2D eigenvalue weighted by molar-refractivity contribution is 6.33. The lowest BCUT2D eigenvalue weighted by Gasteiger charge is -2.31. The molecule has 5 heteroatoms. The third kappa shape index (κ3) is 3.28. The summed E-state index contributed by atoms with van der Waals surface area (Å²) in [6, 6.07) is 19.3. The van der Waals surface area contributed by atoms with Crippen LogP contribution in [0.4, 0.5) is 17.1 Å². The number of nitrogens with one attached hydrogen (secondary N) is 1. The van der Waals surface area contributed by atoms with Crippen LogP contribution in [0.5, 0.6) is 0 Å². The van der Waals surface area contributed by atoms with E-state index in [4.69, 9.17) is 11.6 Å². The summed E-state index contributed by atoms with van der Waals surface area (Å²) in [5.74, 6) is -0.274. The summed E-state index contributed by atoms with van der Waals surface area (Å²) in [6.45, 7) is 0.948. The number of fused-ring (bicyclic) bond motifs is 1. The molecule has 1 aromatic heterocycles. The van der Waals surface area contributed by atoms with Gasteiger partial charge >= 0.3 is 0 Å². The number of carbonyl (C=O) groups is 1. The van der Waals surface area contributed by atoms with Crippen molar-refractivity contribution < 1.29 is 4.79 Å². The summed E-state index contributed by atoms with van der Waals surface area (Å²) in [5.41, 5.74) is 4.49. The molecule has 0 saturated carbocycles. The van der Waals surface area contributed by atoms with Gasteiger partial charge in [-0.1, -0.05) is 41.9 Å². The maximum Gasteiger partial charge on any atom is 0.274 e. The predicted molar refractivity (Wildman–Crippen MR) is 105 cm³/mol. The number of nitrogens with zero attached hydrogens (tertiary/aromatic N) is 2. The molecule has 0 unspecified atom stereocenters. The highest BCUT2D eigenvalue weighted by Crippen LogP contribution is 2.32. The van der Waals surface area contributed by atoms with Crippen molar-refractivity contribution in [1.29, 1.82) is 0 Å². The highest BCUT2D eigenvalue weighted by atomic mass is 35.5. The fourth-order valence-electron chi connectivity index (χ4n) is 3.23. The van der Waals surface area contributed by atoms with Crippen LogP contribution < -0.4 is 10.2 Å². The molecule has 1 aliphatic rings. The lowest BCUT2D eigenvalue weighted by atomic mass is 10.0. The van der Waals surface area contributed by atoms with Gasteiger partial charge in [-0.3, -0.25) is 4.79 Å². The molecule has 4 nitrogen and oxygen atoms in total. The van der Waals surface area contributed by atoms with Crippen LogP contribution in [0, 0.1) is 0 Å². The van der Waals surface area contributed by atoms with Crippen molar-refractivity contribution in [1.82, 2.24) is 4.98 Å². The Bertz CT molecular complexity index is 940. The van der Waals surface area contributed by atoms with Crippen molar-refractivity contribution >= 4 is 34.6 Å². The normalized spacial score (nSPS) is 13.2. The van der Waals surface area contributed by atoms with Crippen LogP contribution in [-0.4, -0.2) is 17.4 Å². The second kappa shape index (κ2) is 7.18. The number of carbonyl (C=O) groups excluding carboxylic acids is 1. The minimum atomic E-state index is -0.274. The van der Waals surface area contributed by atoms with Crippen LogP contribution in [0.2, 0.25) is 5.02 Å². The van der Waals surface area contributed by atoms with E-state index < -0.39 is 0 Å². The molecule has 26 heavy (non-hydrogen) atoms. The van der Waals surface area contributed by atoms with Crippen molar-refractivity contribution in [2.45, 2.75) is 12.8 Å². The Labute approximate surface area is 157 Å². The molecule has 0 bridgehead atoms. The smallest absolute Gasteiger partial charge is 0.274 e. The van der Waals surface area contributed by atoms with Gasteiger partial charge in [0.25, 0.3) is 5.91 Å². The molecule has 0 spiro atoms. The topological polar surface area (TPSA) is 45.2 Å². The average Bonchev–Trinajstić information content (AvgIpc) is 2.69. The van der Waals surface area contributed by atoms with Gasteiger partial charge in [0, 0.05) is 12.2 Å². The van der Waals surface area contributed by atoms with Gasteiger partial charge in [-0.2, -0.15) is 0 Å². The Morgan fingerprint density at radius 2 is 1.85 bits per heavy atom. The zero-order valence-corrected chi connectivity index (χ0v) is 14.9. The number of rotatable bonds is 3. The van der Waals surface area contributed by atoms with E-state index in [2.05, 4.69) is 39.5 Å². The number of anilines is 3. The Morgan fingerprint density at radius 1 is 1.04 bits per heavy atom. The van der Waals surface area contributed by atoms with Gasteiger partial charge < -0.3 is 10.2 Å². The molecule has 1 N–H and O–H groups in total. The largest absolute Gasteiger partial charge is 0.340 e.